The number of halogens is 3. The monoisotopic (exact) mass is 603 g/mol. The summed E-state index contributed by atoms with van der Waals surface area (Å²) >= 11 is 6.64. The van der Waals surface area contributed by atoms with Crippen molar-refractivity contribution >= 4 is 40.8 Å². The van der Waals surface area contributed by atoms with Crippen LogP contribution in [0.2, 0.25) is 5.02 Å². The number of alkyl halides is 2. The first kappa shape index (κ1) is 28.7. The van der Waals surface area contributed by atoms with E-state index in [0.717, 1.165) is 18.4 Å². The van der Waals surface area contributed by atoms with E-state index in [9.17, 15) is 28.4 Å². The first-order valence-corrected chi connectivity index (χ1v) is 14.5. The molecule has 2 atom stereocenters. The third-order valence-corrected chi connectivity index (χ3v) is 8.80. The number of hydrogen-bond acceptors (Lipinski definition) is 5. The van der Waals surface area contributed by atoms with Gasteiger partial charge in [0.2, 0.25) is 11.8 Å². The molecule has 1 aromatic heterocycles. The first-order valence-electron chi connectivity index (χ1n) is 14.1. The van der Waals surface area contributed by atoms with Crippen molar-refractivity contribution in [1.29, 1.82) is 5.26 Å². The number of hydrogen-bond donors (Lipinski definition) is 2. The minimum absolute atomic E-state index is 0.0171. The highest BCUT2D eigenvalue weighted by Crippen LogP contribution is 2.48. The number of aromatic nitrogens is 1. The molecule has 0 bridgehead atoms. The third-order valence-electron chi connectivity index (χ3n) is 8.45. The Balaban J connectivity index is 1.50. The number of anilines is 2. The van der Waals surface area contributed by atoms with E-state index in [0.29, 0.717) is 11.6 Å². The van der Waals surface area contributed by atoms with E-state index in [1.165, 1.54) is 23.2 Å². The van der Waals surface area contributed by atoms with Crippen LogP contribution in [0.5, 0.6) is 0 Å². The van der Waals surface area contributed by atoms with Crippen molar-refractivity contribution in [1.82, 2.24) is 10.3 Å². The molecule has 1 aliphatic heterocycles. The maximum absolute atomic E-state index is 14.7. The normalized spacial score (nSPS) is 21.9. The molecule has 3 aromatic rings. The topological polar surface area (TPSA) is 115 Å². The summed E-state index contributed by atoms with van der Waals surface area (Å²) < 4.78 is 27.5. The molecule has 3 aliphatic rings. The first-order chi connectivity index (χ1) is 20.6. The molecule has 11 heteroatoms. The zero-order valence-corrected chi connectivity index (χ0v) is 23.8. The van der Waals surface area contributed by atoms with Crippen molar-refractivity contribution in [3.05, 3.63) is 88.6 Å². The number of nitrogens with one attached hydrogen (secondary N) is 2. The standard InChI is InChI=1S/C32H28ClF2N5O3/c33-25-7-2-1-6-24(25)28(29(42)38-23-16-31(34,35)17-23)32(30(43)39-22-5-3-4-21(15-22)20-8-9-20)12-10-27(41)40(32)26-14-19(18-36)11-13-37-26/h1-7,11,13-15,20,23,28H,8-10,12,16-17H2,(H,38,42)(H,39,43)/t28-,32?/m1/s1. The summed E-state index contributed by atoms with van der Waals surface area (Å²) in [4.78, 5) is 48.1. The van der Waals surface area contributed by atoms with Crippen LogP contribution in [0.3, 0.4) is 0 Å². The Morgan fingerprint density at radius 3 is 2.56 bits per heavy atom. The summed E-state index contributed by atoms with van der Waals surface area (Å²) in [5.41, 5.74) is 0.108. The summed E-state index contributed by atoms with van der Waals surface area (Å²) in [7, 11) is 0. The highest BCUT2D eigenvalue weighted by atomic mass is 35.5. The predicted molar refractivity (Wildman–Crippen MR) is 156 cm³/mol. The number of carbonyl (C=O) groups excluding carboxylic acids is 3. The molecule has 2 N–H and O–H groups in total. The minimum atomic E-state index is -2.89. The molecular weight excluding hydrogens is 576 g/mol. The van der Waals surface area contributed by atoms with Crippen molar-refractivity contribution in [2.45, 2.75) is 67.9 Å². The molecule has 2 aromatic carbocycles. The van der Waals surface area contributed by atoms with E-state index in [1.807, 2.05) is 24.3 Å². The Kier molecular flexibility index (Phi) is 7.38. The zero-order chi connectivity index (χ0) is 30.4. The molecule has 6 rings (SSSR count). The molecule has 8 nitrogen and oxygen atoms in total. The van der Waals surface area contributed by atoms with Gasteiger partial charge in [0.05, 0.1) is 17.6 Å². The van der Waals surface area contributed by atoms with Gasteiger partial charge in [0.25, 0.3) is 11.8 Å². The lowest BCUT2D eigenvalue weighted by Crippen LogP contribution is -2.63. The van der Waals surface area contributed by atoms with Crippen molar-refractivity contribution < 1.29 is 23.2 Å². The van der Waals surface area contributed by atoms with E-state index in [-0.39, 0.29) is 34.8 Å². The number of benzene rings is 2. The number of pyridine rings is 1. The molecule has 1 unspecified atom stereocenters. The van der Waals surface area contributed by atoms with Crippen LogP contribution in [0.15, 0.2) is 66.9 Å². The second-order valence-electron chi connectivity index (χ2n) is 11.4. The Bertz CT molecular complexity index is 1650. The van der Waals surface area contributed by atoms with Gasteiger partial charge >= 0.3 is 0 Å². The van der Waals surface area contributed by atoms with Gasteiger partial charge in [0.15, 0.2) is 0 Å². The summed E-state index contributed by atoms with van der Waals surface area (Å²) in [6.45, 7) is 0. The van der Waals surface area contributed by atoms with Gasteiger partial charge in [-0.1, -0.05) is 41.9 Å². The van der Waals surface area contributed by atoms with Crippen molar-refractivity contribution in [2.24, 2.45) is 0 Å². The molecule has 2 heterocycles. The summed E-state index contributed by atoms with van der Waals surface area (Å²) in [5.74, 6) is -5.72. The molecule has 0 spiro atoms. The minimum Gasteiger partial charge on any atom is -0.352 e. The van der Waals surface area contributed by atoms with E-state index < -0.39 is 54.0 Å². The van der Waals surface area contributed by atoms with Gasteiger partial charge in [-0.2, -0.15) is 5.26 Å². The van der Waals surface area contributed by atoms with E-state index >= 15 is 0 Å². The lowest BCUT2D eigenvalue weighted by Gasteiger charge is -2.43. The summed E-state index contributed by atoms with van der Waals surface area (Å²) in [6.07, 6.45) is 2.19. The SMILES string of the molecule is N#Cc1ccnc(N2C(=O)CCC2(C(=O)Nc2cccc(C3CC3)c2)[C@@H](C(=O)NC2CC(F)(F)C2)c2ccccc2Cl)c1. The fraction of sp³-hybridized carbons (Fsp3) is 0.344. The number of nitrogens with zero attached hydrogens (tertiary/aromatic N) is 3. The molecular formula is C32H28ClF2N5O3. The van der Waals surface area contributed by atoms with Gasteiger partial charge in [-0.15, -0.1) is 0 Å². The quantitative estimate of drug-likeness (QED) is 0.343. The number of rotatable bonds is 8. The second kappa shape index (κ2) is 11.0. The van der Waals surface area contributed by atoms with Gasteiger partial charge in [0, 0.05) is 42.2 Å². The van der Waals surface area contributed by atoms with Crippen molar-refractivity contribution in [3.8, 4) is 6.07 Å². The maximum atomic E-state index is 14.7. The van der Waals surface area contributed by atoms with Crippen LogP contribution in [0, 0.1) is 11.3 Å². The van der Waals surface area contributed by atoms with Gasteiger partial charge in [0.1, 0.15) is 11.4 Å². The molecule has 0 radical (unpaired) electrons. The van der Waals surface area contributed by atoms with Crippen LogP contribution in [0.25, 0.3) is 0 Å². The highest BCUT2D eigenvalue weighted by Gasteiger charge is 2.61. The fourth-order valence-electron chi connectivity index (χ4n) is 6.20. The van der Waals surface area contributed by atoms with E-state index in [2.05, 4.69) is 15.6 Å². The lowest BCUT2D eigenvalue weighted by atomic mass is 9.74. The Labute approximate surface area is 252 Å². The maximum Gasteiger partial charge on any atom is 0.252 e. The summed E-state index contributed by atoms with van der Waals surface area (Å²) in [5, 5.41) is 15.4. The Hall–Kier alpha value is -4.36. The smallest absolute Gasteiger partial charge is 0.252 e. The second-order valence-corrected chi connectivity index (χ2v) is 11.9. The average Bonchev–Trinajstić information content (AvgIpc) is 3.76. The van der Waals surface area contributed by atoms with Crippen LogP contribution in [-0.2, 0) is 14.4 Å². The molecule has 220 valence electrons. The molecule has 2 saturated carbocycles. The predicted octanol–water partition coefficient (Wildman–Crippen LogP) is 5.69. The average molecular weight is 604 g/mol. The Morgan fingerprint density at radius 1 is 1.09 bits per heavy atom. The largest absolute Gasteiger partial charge is 0.352 e. The molecule has 1 saturated heterocycles. The van der Waals surface area contributed by atoms with E-state index in [1.54, 1.807) is 30.3 Å². The van der Waals surface area contributed by atoms with Crippen LogP contribution < -0.4 is 15.5 Å². The third kappa shape index (κ3) is 5.45. The lowest BCUT2D eigenvalue weighted by molar-refractivity contribution is -0.136. The molecule has 2 aliphatic carbocycles. The van der Waals surface area contributed by atoms with Crippen molar-refractivity contribution in [3.63, 3.8) is 0 Å². The van der Waals surface area contributed by atoms with Crippen LogP contribution in [-0.4, -0.2) is 40.2 Å². The van der Waals surface area contributed by atoms with Crippen LogP contribution in [0.4, 0.5) is 20.3 Å². The van der Waals surface area contributed by atoms with Crippen molar-refractivity contribution in [2.75, 3.05) is 10.2 Å². The molecule has 3 fully saturated rings. The van der Waals surface area contributed by atoms with E-state index in [4.69, 9.17) is 11.6 Å². The molecule has 3 amide bonds. The van der Waals surface area contributed by atoms with Gasteiger partial charge < -0.3 is 10.6 Å². The van der Waals surface area contributed by atoms with Gasteiger partial charge in [-0.25, -0.2) is 13.8 Å². The van der Waals surface area contributed by atoms with Gasteiger partial charge in [-0.05, 0) is 66.6 Å². The van der Waals surface area contributed by atoms with Crippen LogP contribution >= 0.6 is 11.6 Å². The van der Waals surface area contributed by atoms with Crippen LogP contribution in [0.1, 0.15) is 67.1 Å². The van der Waals surface area contributed by atoms with Gasteiger partial charge in [-0.3, -0.25) is 19.3 Å². The number of amides is 3. The fourth-order valence-corrected chi connectivity index (χ4v) is 6.45. The number of carbonyl (C=O) groups is 3. The number of nitriles is 1. The molecule has 43 heavy (non-hydrogen) atoms. The highest BCUT2D eigenvalue weighted by molar-refractivity contribution is 6.32. The summed E-state index contributed by atoms with van der Waals surface area (Å²) in [6, 6.07) is 17.9. The Morgan fingerprint density at radius 2 is 1.86 bits per heavy atom. The zero-order valence-electron chi connectivity index (χ0n) is 23.0.